The van der Waals surface area contributed by atoms with E-state index in [-0.39, 0.29) is 18.9 Å². The van der Waals surface area contributed by atoms with Crippen molar-refractivity contribution >= 4 is 11.3 Å². The number of benzene rings is 1. The summed E-state index contributed by atoms with van der Waals surface area (Å²) in [5.74, 6) is 0. The molecule has 0 aliphatic rings. The van der Waals surface area contributed by atoms with E-state index >= 15 is 0 Å². The zero-order valence-corrected chi connectivity index (χ0v) is 7.96. The predicted octanol–water partition coefficient (Wildman–Crippen LogP) is 0.963. The highest BCUT2D eigenvalue weighted by atomic mass is 16.6. The minimum Gasteiger partial charge on any atom is -0.392 e. The van der Waals surface area contributed by atoms with Crippen LogP contribution >= 0.6 is 0 Å². The van der Waals surface area contributed by atoms with Gasteiger partial charge in [-0.3, -0.25) is 10.1 Å². The Labute approximate surface area is 86.4 Å². The van der Waals surface area contributed by atoms with E-state index < -0.39 is 4.92 Å². The molecular weight excluding hydrogens is 198 g/mol. The Kier molecular flexibility index (Phi) is 3.96. The van der Waals surface area contributed by atoms with Gasteiger partial charge in [-0.15, -0.1) is 0 Å². The molecule has 0 saturated carbocycles. The molecule has 0 amide bonds. The van der Waals surface area contributed by atoms with Crippen LogP contribution in [0.25, 0.3) is 5.57 Å². The Morgan fingerprint density at radius 1 is 1.40 bits per heavy atom. The standard InChI is InChI=1S/C10H11NO4/c12-6-5-8(7-13)9-3-1-2-4-10(9)11(14)15/h1-5,12-13H,6-7H2/b8-5+. The molecule has 2 N–H and O–H groups in total. The first-order valence-electron chi connectivity index (χ1n) is 4.35. The number of nitro benzene ring substituents is 1. The first-order valence-corrected chi connectivity index (χ1v) is 4.35. The largest absolute Gasteiger partial charge is 0.392 e. The van der Waals surface area contributed by atoms with Crippen LogP contribution in [-0.4, -0.2) is 28.4 Å². The average Bonchev–Trinajstić information content (AvgIpc) is 2.26. The lowest BCUT2D eigenvalue weighted by molar-refractivity contribution is -0.385. The van der Waals surface area contributed by atoms with Crippen molar-refractivity contribution in [2.45, 2.75) is 0 Å². The molecule has 0 atom stereocenters. The van der Waals surface area contributed by atoms with E-state index in [1.165, 1.54) is 18.2 Å². The van der Waals surface area contributed by atoms with Gasteiger partial charge in [0.2, 0.25) is 0 Å². The van der Waals surface area contributed by atoms with Gasteiger partial charge in [0, 0.05) is 6.07 Å². The molecule has 0 saturated heterocycles. The number of aliphatic hydroxyl groups excluding tert-OH is 2. The zero-order chi connectivity index (χ0) is 11.3. The third kappa shape index (κ3) is 2.61. The van der Waals surface area contributed by atoms with E-state index in [0.717, 1.165) is 0 Å². The first kappa shape index (κ1) is 11.4. The summed E-state index contributed by atoms with van der Waals surface area (Å²) in [5, 5.41) is 28.4. The van der Waals surface area contributed by atoms with Crippen molar-refractivity contribution in [3.63, 3.8) is 0 Å². The van der Waals surface area contributed by atoms with Gasteiger partial charge in [0.15, 0.2) is 0 Å². The van der Waals surface area contributed by atoms with E-state index in [0.29, 0.717) is 11.1 Å². The fraction of sp³-hybridized carbons (Fsp3) is 0.200. The maximum absolute atomic E-state index is 10.7. The fourth-order valence-electron chi connectivity index (χ4n) is 1.27. The van der Waals surface area contributed by atoms with Gasteiger partial charge >= 0.3 is 0 Å². The molecule has 0 heterocycles. The molecule has 1 rings (SSSR count). The summed E-state index contributed by atoms with van der Waals surface area (Å²) in [6.45, 7) is -0.604. The molecule has 5 heteroatoms. The lowest BCUT2D eigenvalue weighted by Gasteiger charge is -2.04. The molecule has 15 heavy (non-hydrogen) atoms. The average molecular weight is 209 g/mol. The monoisotopic (exact) mass is 209 g/mol. The minimum atomic E-state index is -0.518. The molecule has 80 valence electrons. The third-order valence-electron chi connectivity index (χ3n) is 1.95. The Morgan fingerprint density at radius 2 is 2.07 bits per heavy atom. The first-order chi connectivity index (χ1) is 7.20. The van der Waals surface area contributed by atoms with E-state index in [1.807, 2.05) is 0 Å². The second-order valence-corrected chi connectivity index (χ2v) is 2.84. The van der Waals surface area contributed by atoms with Crippen LogP contribution in [0.4, 0.5) is 5.69 Å². The summed E-state index contributed by atoms with van der Waals surface area (Å²) >= 11 is 0. The maximum atomic E-state index is 10.7. The van der Waals surface area contributed by atoms with Gasteiger partial charge in [-0.2, -0.15) is 0 Å². The van der Waals surface area contributed by atoms with E-state index in [4.69, 9.17) is 10.2 Å². The number of hydrogen-bond donors (Lipinski definition) is 2. The van der Waals surface area contributed by atoms with Crippen LogP contribution in [0.15, 0.2) is 30.3 Å². The van der Waals surface area contributed by atoms with Crippen molar-refractivity contribution in [3.05, 3.63) is 46.0 Å². The normalized spacial score (nSPS) is 11.5. The maximum Gasteiger partial charge on any atom is 0.276 e. The van der Waals surface area contributed by atoms with Gasteiger partial charge < -0.3 is 10.2 Å². The Balaban J connectivity index is 3.23. The molecule has 0 aromatic heterocycles. The molecule has 5 nitrogen and oxygen atoms in total. The lowest BCUT2D eigenvalue weighted by atomic mass is 10.0. The van der Waals surface area contributed by atoms with Crippen LogP contribution in [-0.2, 0) is 0 Å². The Bertz CT molecular complexity index is 387. The van der Waals surface area contributed by atoms with Gasteiger partial charge in [-0.05, 0) is 11.6 Å². The van der Waals surface area contributed by atoms with Crippen LogP contribution in [0.2, 0.25) is 0 Å². The summed E-state index contributed by atoms with van der Waals surface area (Å²) in [4.78, 5) is 10.2. The summed E-state index contributed by atoms with van der Waals surface area (Å²) in [5.41, 5.74) is 0.607. The number of aliphatic hydroxyl groups is 2. The summed E-state index contributed by atoms with van der Waals surface area (Å²) in [6, 6.07) is 6.09. The second-order valence-electron chi connectivity index (χ2n) is 2.84. The highest BCUT2D eigenvalue weighted by Crippen LogP contribution is 2.24. The number of rotatable bonds is 4. The number of nitrogens with zero attached hydrogens (tertiary/aromatic N) is 1. The van der Waals surface area contributed by atoms with Crippen molar-refractivity contribution in [2.75, 3.05) is 13.2 Å². The molecular formula is C10H11NO4. The highest BCUT2D eigenvalue weighted by molar-refractivity contribution is 5.73. The molecule has 0 spiro atoms. The van der Waals surface area contributed by atoms with Gasteiger partial charge in [-0.1, -0.05) is 18.2 Å². The Hall–Kier alpha value is -1.72. The van der Waals surface area contributed by atoms with Crippen molar-refractivity contribution < 1.29 is 15.1 Å². The molecule has 0 aliphatic heterocycles. The molecule has 0 bridgehead atoms. The zero-order valence-electron chi connectivity index (χ0n) is 7.96. The molecule has 0 radical (unpaired) electrons. The Morgan fingerprint density at radius 3 is 2.60 bits per heavy atom. The van der Waals surface area contributed by atoms with Crippen LogP contribution in [0.5, 0.6) is 0 Å². The van der Waals surface area contributed by atoms with Crippen LogP contribution in [0.1, 0.15) is 5.56 Å². The highest BCUT2D eigenvalue weighted by Gasteiger charge is 2.14. The van der Waals surface area contributed by atoms with E-state index in [9.17, 15) is 10.1 Å². The van der Waals surface area contributed by atoms with Gasteiger partial charge in [0.1, 0.15) is 0 Å². The topological polar surface area (TPSA) is 83.6 Å². The van der Waals surface area contributed by atoms with E-state index in [1.54, 1.807) is 12.1 Å². The molecule has 1 aromatic rings. The van der Waals surface area contributed by atoms with E-state index in [2.05, 4.69) is 0 Å². The smallest absolute Gasteiger partial charge is 0.276 e. The van der Waals surface area contributed by atoms with Crippen molar-refractivity contribution in [3.8, 4) is 0 Å². The van der Waals surface area contributed by atoms with Crippen molar-refractivity contribution in [1.82, 2.24) is 0 Å². The fourth-order valence-corrected chi connectivity index (χ4v) is 1.27. The third-order valence-corrected chi connectivity index (χ3v) is 1.95. The van der Waals surface area contributed by atoms with Gasteiger partial charge in [-0.25, -0.2) is 0 Å². The summed E-state index contributed by atoms with van der Waals surface area (Å²) < 4.78 is 0. The quantitative estimate of drug-likeness (QED) is 0.571. The SMILES string of the molecule is O=[N+]([O-])c1ccccc1/C(=C/CO)CO. The number of hydrogen-bond acceptors (Lipinski definition) is 4. The summed E-state index contributed by atoms with van der Waals surface area (Å²) in [6.07, 6.45) is 1.35. The number of nitro groups is 1. The van der Waals surface area contributed by atoms with Crippen molar-refractivity contribution in [2.24, 2.45) is 0 Å². The van der Waals surface area contributed by atoms with Gasteiger partial charge in [0.25, 0.3) is 5.69 Å². The van der Waals surface area contributed by atoms with Crippen LogP contribution in [0.3, 0.4) is 0 Å². The lowest BCUT2D eigenvalue weighted by Crippen LogP contribution is -1.98. The molecule has 0 fully saturated rings. The minimum absolute atomic E-state index is 0.0775. The van der Waals surface area contributed by atoms with Crippen LogP contribution < -0.4 is 0 Å². The van der Waals surface area contributed by atoms with Gasteiger partial charge in [0.05, 0.1) is 23.7 Å². The second kappa shape index (κ2) is 5.23. The summed E-state index contributed by atoms with van der Waals surface area (Å²) in [7, 11) is 0. The molecule has 0 unspecified atom stereocenters. The number of para-hydroxylation sites is 1. The predicted molar refractivity (Wildman–Crippen MR) is 55.2 cm³/mol. The van der Waals surface area contributed by atoms with Crippen LogP contribution in [0, 0.1) is 10.1 Å². The van der Waals surface area contributed by atoms with Crippen molar-refractivity contribution in [1.29, 1.82) is 0 Å². The molecule has 1 aromatic carbocycles. The molecule has 0 aliphatic carbocycles.